The maximum atomic E-state index is 10.3. The fraction of sp³-hybridized carbons (Fsp3) is 0.231. The molecule has 1 heterocycles. The largest absolute Gasteiger partial charge is 0.384 e. The monoisotopic (exact) mass is 330 g/mol. The van der Waals surface area contributed by atoms with Gasteiger partial charge >= 0.3 is 0 Å². The number of halogens is 2. The molecule has 1 nitrogen and oxygen atoms in total. The maximum Gasteiger partial charge on any atom is 0.105 e. The first kappa shape index (κ1) is 13.1. The van der Waals surface area contributed by atoms with Gasteiger partial charge in [0.25, 0.3) is 0 Å². The Balaban J connectivity index is 2.40. The van der Waals surface area contributed by atoms with Gasteiger partial charge in [-0.05, 0) is 59.1 Å². The number of aryl methyl sites for hydroxylation is 2. The smallest absolute Gasteiger partial charge is 0.105 e. The lowest BCUT2D eigenvalue weighted by molar-refractivity contribution is 0.220. The molecule has 0 spiro atoms. The van der Waals surface area contributed by atoms with Crippen LogP contribution < -0.4 is 0 Å². The third-order valence-corrected chi connectivity index (χ3v) is 4.85. The Morgan fingerprint density at radius 1 is 1.29 bits per heavy atom. The average molecular weight is 332 g/mol. The summed E-state index contributed by atoms with van der Waals surface area (Å²) in [6.45, 7) is 4.07. The summed E-state index contributed by atoms with van der Waals surface area (Å²) in [7, 11) is 0. The molecule has 4 heteroatoms. The van der Waals surface area contributed by atoms with Gasteiger partial charge in [-0.25, -0.2) is 0 Å². The van der Waals surface area contributed by atoms with Crippen molar-refractivity contribution in [1.82, 2.24) is 0 Å². The van der Waals surface area contributed by atoms with Crippen LogP contribution in [0.2, 0.25) is 5.02 Å². The lowest BCUT2D eigenvalue weighted by Crippen LogP contribution is -1.99. The van der Waals surface area contributed by atoms with E-state index in [1.807, 2.05) is 32.0 Å². The van der Waals surface area contributed by atoms with Gasteiger partial charge in [0.05, 0.1) is 5.02 Å². The fourth-order valence-electron chi connectivity index (χ4n) is 1.78. The molecular weight excluding hydrogens is 320 g/mol. The molecule has 1 unspecified atom stereocenters. The van der Waals surface area contributed by atoms with Gasteiger partial charge in [-0.2, -0.15) is 0 Å². The quantitative estimate of drug-likeness (QED) is 0.833. The van der Waals surface area contributed by atoms with Crippen molar-refractivity contribution in [2.45, 2.75) is 20.0 Å². The van der Waals surface area contributed by atoms with Crippen molar-refractivity contribution in [3.05, 3.63) is 54.6 Å². The van der Waals surface area contributed by atoms with E-state index in [-0.39, 0.29) is 0 Å². The Morgan fingerprint density at radius 3 is 2.53 bits per heavy atom. The van der Waals surface area contributed by atoms with Crippen LogP contribution in [0.3, 0.4) is 0 Å². The van der Waals surface area contributed by atoms with Crippen LogP contribution in [0.4, 0.5) is 0 Å². The van der Waals surface area contributed by atoms with Gasteiger partial charge in [0, 0.05) is 14.2 Å². The van der Waals surface area contributed by atoms with Gasteiger partial charge in [0.2, 0.25) is 0 Å². The summed E-state index contributed by atoms with van der Waals surface area (Å²) in [5, 5.41) is 11.0. The van der Waals surface area contributed by atoms with Gasteiger partial charge in [0.1, 0.15) is 6.10 Å². The highest BCUT2D eigenvalue weighted by Gasteiger charge is 2.15. The molecule has 1 aromatic heterocycles. The highest BCUT2D eigenvalue weighted by atomic mass is 79.9. The van der Waals surface area contributed by atoms with Crippen molar-refractivity contribution in [3.63, 3.8) is 0 Å². The molecule has 0 radical (unpaired) electrons. The Bertz CT molecular complexity index is 550. The molecule has 17 heavy (non-hydrogen) atoms. The van der Waals surface area contributed by atoms with E-state index in [4.69, 9.17) is 11.6 Å². The fourth-order valence-corrected chi connectivity index (χ4v) is 3.18. The third-order valence-electron chi connectivity index (χ3n) is 2.63. The third kappa shape index (κ3) is 2.74. The summed E-state index contributed by atoms with van der Waals surface area (Å²) in [6.07, 6.45) is -0.606. The van der Waals surface area contributed by atoms with E-state index in [1.54, 1.807) is 17.4 Å². The minimum absolute atomic E-state index is 0.606. The Morgan fingerprint density at radius 2 is 2.00 bits per heavy atom. The van der Waals surface area contributed by atoms with Crippen molar-refractivity contribution in [2.75, 3.05) is 0 Å². The number of hydrogen-bond acceptors (Lipinski definition) is 2. The van der Waals surface area contributed by atoms with E-state index in [0.717, 1.165) is 20.5 Å². The molecule has 1 aromatic carbocycles. The van der Waals surface area contributed by atoms with Crippen LogP contribution in [0.5, 0.6) is 0 Å². The summed E-state index contributed by atoms with van der Waals surface area (Å²) in [5.41, 5.74) is 1.78. The molecule has 0 aliphatic carbocycles. The number of thiophene rings is 1. The SMILES string of the molecule is Cc1cc(C(O)c2ccc(Br)c(Cl)c2)c(C)s1. The molecule has 1 N–H and O–H groups in total. The Hall–Kier alpha value is -0.350. The van der Waals surface area contributed by atoms with Gasteiger partial charge in [-0.15, -0.1) is 11.3 Å². The number of benzene rings is 1. The van der Waals surface area contributed by atoms with Crippen LogP contribution in [-0.4, -0.2) is 5.11 Å². The molecule has 0 bridgehead atoms. The predicted octanol–water partition coefficient (Wildman–Crippen LogP) is 4.86. The van der Waals surface area contributed by atoms with Crippen LogP contribution in [0, 0.1) is 13.8 Å². The predicted molar refractivity (Wildman–Crippen MR) is 77.0 cm³/mol. The molecule has 0 aliphatic rings. The number of hydrogen-bond donors (Lipinski definition) is 1. The summed E-state index contributed by atoms with van der Waals surface area (Å²) < 4.78 is 0.841. The summed E-state index contributed by atoms with van der Waals surface area (Å²) in [4.78, 5) is 2.36. The molecule has 2 rings (SSSR count). The first-order valence-electron chi connectivity index (χ1n) is 5.19. The molecular formula is C13H12BrClOS. The normalized spacial score (nSPS) is 12.8. The van der Waals surface area contributed by atoms with Crippen LogP contribution in [-0.2, 0) is 0 Å². The highest BCUT2D eigenvalue weighted by molar-refractivity contribution is 9.10. The topological polar surface area (TPSA) is 20.2 Å². The second-order valence-corrected chi connectivity index (χ2v) is 6.67. The molecule has 0 saturated carbocycles. The van der Waals surface area contributed by atoms with Crippen molar-refractivity contribution in [2.24, 2.45) is 0 Å². The summed E-state index contributed by atoms with van der Waals surface area (Å²) in [5.74, 6) is 0. The Labute approximate surface area is 118 Å². The van der Waals surface area contributed by atoms with Gasteiger partial charge in [0.15, 0.2) is 0 Å². The molecule has 0 saturated heterocycles. The van der Waals surface area contributed by atoms with E-state index >= 15 is 0 Å². The van der Waals surface area contributed by atoms with E-state index in [2.05, 4.69) is 15.9 Å². The molecule has 2 aromatic rings. The van der Waals surface area contributed by atoms with E-state index in [9.17, 15) is 5.11 Å². The van der Waals surface area contributed by atoms with Gasteiger partial charge in [-0.3, -0.25) is 0 Å². The minimum atomic E-state index is -0.606. The van der Waals surface area contributed by atoms with Crippen LogP contribution >= 0.6 is 38.9 Å². The van der Waals surface area contributed by atoms with E-state index in [1.165, 1.54) is 4.88 Å². The second-order valence-electron chi connectivity index (χ2n) is 3.94. The molecule has 90 valence electrons. The number of aliphatic hydroxyl groups is 1. The zero-order chi connectivity index (χ0) is 12.6. The van der Waals surface area contributed by atoms with Crippen LogP contribution in [0.25, 0.3) is 0 Å². The highest BCUT2D eigenvalue weighted by Crippen LogP contribution is 2.33. The molecule has 0 aliphatic heterocycles. The molecule has 1 atom stereocenters. The van der Waals surface area contributed by atoms with Gasteiger partial charge in [-0.1, -0.05) is 17.7 Å². The number of aliphatic hydroxyl groups excluding tert-OH is 1. The summed E-state index contributed by atoms with van der Waals surface area (Å²) >= 11 is 11.1. The van der Waals surface area contributed by atoms with Crippen LogP contribution in [0.15, 0.2) is 28.7 Å². The van der Waals surface area contributed by atoms with E-state index < -0.39 is 6.10 Å². The van der Waals surface area contributed by atoms with Crippen LogP contribution in [0.1, 0.15) is 27.0 Å². The molecule has 0 fully saturated rings. The zero-order valence-electron chi connectivity index (χ0n) is 9.50. The van der Waals surface area contributed by atoms with Crippen molar-refractivity contribution >= 4 is 38.9 Å². The molecule has 0 amide bonds. The second kappa shape index (κ2) is 5.11. The average Bonchev–Trinajstić information content (AvgIpc) is 2.61. The van der Waals surface area contributed by atoms with Gasteiger partial charge < -0.3 is 5.11 Å². The Kier molecular flexibility index (Phi) is 3.93. The van der Waals surface area contributed by atoms with E-state index in [0.29, 0.717) is 5.02 Å². The standard InChI is InChI=1S/C13H12BrClOS/c1-7-5-10(8(2)17-7)13(16)9-3-4-11(14)12(15)6-9/h3-6,13,16H,1-2H3. The minimum Gasteiger partial charge on any atom is -0.384 e. The first-order valence-corrected chi connectivity index (χ1v) is 7.17. The zero-order valence-corrected chi connectivity index (χ0v) is 12.7. The van der Waals surface area contributed by atoms with Crippen molar-refractivity contribution < 1.29 is 5.11 Å². The van der Waals surface area contributed by atoms with Crippen molar-refractivity contribution in [1.29, 1.82) is 0 Å². The lowest BCUT2D eigenvalue weighted by atomic mass is 10.0. The number of rotatable bonds is 2. The maximum absolute atomic E-state index is 10.3. The van der Waals surface area contributed by atoms with Crippen molar-refractivity contribution in [3.8, 4) is 0 Å². The first-order chi connectivity index (χ1) is 7.99. The summed E-state index contributed by atoms with van der Waals surface area (Å²) in [6, 6.07) is 7.56. The lowest BCUT2D eigenvalue weighted by Gasteiger charge is -2.11.